The number of hydrogen-bond donors (Lipinski definition) is 2. The van der Waals surface area contributed by atoms with Gasteiger partial charge in [0.25, 0.3) is 15.9 Å². The summed E-state index contributed by atoms with van der Waals surface area (Å²) < 4.78 is 33.4. The first kappa shape index (κ1) is 22.4. The van der Waals surface area contributed by atoms with Crippen LogP contribution in [0.15, 0.2) is 47.4 Å². The third-order valence-electron chi connectivity index (χ3n) is 4.38. The number of amides is 1. The summed E-state index contributed by atoms with van der Waals surface area (Å²) in [6, 6.07) is 11.2. The van der Waals surface area contributed by atoms with Gasteiger partial charge in [0.1, 0.15) is 0 Å². The van der Waals surface area contributed by atoms with Crippen molar-refractivity contribution in [2.45, 2.75) is 51.0 Å². The molecule has 0 bridgehead atoms. The van der Waals surface area contributed by atoms with Crippen LogP contribution in [0.3, 0.4) is 0 Å². The number of anilines is 1. The van der Waals surface area contributed by atoms with E-state index in [9.17, 15) is 18.0 Å². The standard InChI is InChI=1S/C21H26N2O5S/c1-13-9-10-16(21(3,4)5)12-18(13)29(26,27)23-17-8-6-7-15(11-17)20(25)28-14(2)19(22)24/h6-12,14,23H,1-5H3,(H2,22,24)/t14-/m1/s1. The SMILES string of the molecule is Cc1ccc(C(C)(C)C)cc1S(=O)(=O)Nc1cccc(C(=O)O[C@H](C)C(N)=O)c1. The number of carbonyl (C=O) groups is 2. The Hall–Kier alpha value is -2.87. The van der Waals surface area contributed by atoms with E-state index in [1.54, 1.807) is 19.1 Å². The van der Waals surface area contributed by atoms with Crippen LogP contribution in [0.2, 0.25) is 0 Å². The van der Waals surface area contributed by atoms with Gasteiger partial charge in [0.15, 0.2) is 6.10 Å². The summed E-state index contributed by atoms with van der Waals surface area (Å²) in [5, 5.41) is 0. The number of ether oxygens (including phenoxy) is 1. The van der Waals surface area contributed by atoms with Crippen LogP contribution in [-0.4, -0.2) is 26.4 Å². The fraction of sp³-hybridized carbons (Fsp3) is 0.333. The van der Waals surface area contributed by atoms with Crippen LogP contribution >= 0.6 is 0 Å². The second-order valence-electron chi connectivity index (χ2n) is 7.87. The van der Waals surface area contributed by atoms with Crippen LogP contribution < -0.4 is 10.5 Å². The highest BCUT2D eigenvalue weighted by Gasteiger charge is 2.22. The molecular weight excluding hydrogens is 392 g/mol. The molecule has 0 aliphatic heterocycles. The molecule has 3 N–H and O–H groups in total. The zero-order chi connectivity index (χ0) is 22.0. The molecule has 0 fully saturated rings. The number of nitrogens with one attached hydrogen (secondary N) is 1. The van der Waals surface area contributed by atoms with E-state index in [1.165, 1.54) is 31.2 Å². The quantitative estimate of drug-likeness (QED) is 0.699. The first-order valence-corrected chi connectivity index (χ1v) is 10.5. The van der Waals surface area contributed by atoms with Crippen molar-refractivity contribution in [1.29, 1.82) is 0 Å². The number of primary amides is 1. The van der Waals surface area contributed by atoms with E-state index in [0.717, 1.165) is 5.56 Å². The van der Waals surface area contributed by atoms with Crippen molar-refractivity contribution in [1.82, 2.24) is 0 Å². The van der Waals surface area contributed by atoms with E-state index in [-0.39, 0.29) is 21.6 Å². The minimum absolute atomic E-state index is 0.0958. The number of hydrogen-bond acceptors (Lipinski definition) is 5. The summed E-state index contributed by atoms with van der Waals surface area (Å²) in [7, 11) is -3.88. The van der Waals surface area contributed by atoms with Gasteiger partial charge in [0, 0.05) is 5.69 Å². The number of esters is 1. The van der Waals surface area contributed by atoms with E-state index < -0.39 is 28.0 Å². The Balaban J connectivity index is 2.32. The number of benzene rings is 2. The molecular formula is C21H26N2O5S. The van der Waals surface area contributed by atoms with Crippen LogP contribution in [0.4, 0.5) is 5.69 Å². The van der Waals surface area contributed by atoms with Gasteiger partial charge in [-0.1, -0.05) is 39.0 Å². The normalized spacial score (nSPS) is 12.9. The highest BCUT2D eigenvalue weighted by Crippen LogP contribution is 2.28. The first-order valence-electron chi connectivity index (χ1n) is 9.05. The summed E-state index contributed by atoms with van der Waals surface area (Å²) in [4.78, 5) is 23.4. The molecule has 0 spiro atoms. The molecule has 2 aromatic carbocycles. The molecule has 0 heterocycles. The average molecular weight is 419 g/mol. The van der Waals surface area contributed by atoms with Crippen LogP contribution in [0.25, 0.3) is 0 Å². The smallest absolute Gasteiger partial charge is 0.338 e. The molecule has 29 heavy (non-hydrogen) atoms. The van der Waals surface area contributed by atoms with Crippen molar-refractivity contribution in [2.75, 3.05) is 4.72 Å². The maximum absolute atomic E-state index is 13.0. The minimum Gasteiger partial charge on any atom is -0.449 e. The lowest BCUT2D eigenvalue weighted by Crippen LogP contribution is -2.30. The molecule has 0 saturated carbocycles. The molecule has 2 rings (SSSR count). The van der Waals surface area contributed by atoms with E-state index in [4.69, 9.17) is 10.5 Å². The van der Waals surface area contributed by atoms with Crippen LogP contribution in [0, 0.1) is 6.92 Å². The predicted molar refractivity (Wildman–Crippen MR) is 111 cm³/mol. The minimum atomic E-state index is -3.88. The van der Waals surface area contributed by atoms with Gasteiger partial charge in [0.2, 0.25) is 0 Å². The fourth-order valence-electron chi connectivity index (χ4n) is 2.56. The van der Waals surface area contributed by atoms with Gasteiger partial charge in [-0.05, 0) is 54.7 Å². The van der Waals surface area contributed by atoms with E-state index in [0.29, 0.717) is 5.56 Å². The lowest BCUT2D eigenvalue weighted by atomic mass is 9.87. The number of rotatable bonds is 6. The topological polar surface area (TPSA) is 116 Å². The van der Waals surface area contributed by atoms with E-state index >= 15 is 0 Å². The van der Waals surface area contributed by atoms with E-state index in [1.807, 2.05) is 26.8 Å². The molecule has 1 atom stereocenters. The van der Waals surface area contributed by atoms with Gasteiger partial charge in [-0.25, -0.2) is 13.2 Å². The molecule has 0 radical (unpaired) electrons. The third kappa shape index (κ3) is 5.57. The second-order valence-corrected chi connectivity index (χ2v) is 9.52. The Morgan fingerprint density at radius 3 is 2.34 bits per heavy atom. The van der Waals surface area contributed by atoms with Gasteiger partial charge in [-0.15, -0.1) is 0 Å². The Morgan fingerprint density at radius 1 is 1.10 bits per heavy atom. The Bertz CT molecular complexity index is 1040. The molecule has 0 saturated heterocycles. The summed E-state index contributed by atoms with van der Waals surface area (Å²) in [5.41, 5.74) is 6.67. The van der Waals surface area contributed by atoms with Crippen LogP contribution in [0.5, 0.6) is 0 Å². The first-order chi connectivity index (χ1) is 13.3. The third-order valence-corrected chi connectivity index (χ3v) is 5.90. The largest absolute Gasteiger partial charge is 0.449 e. The van der Waals surface area contributed by atoms with Crippen molar-refractivity contribution in [3.05, 3.63) is 59.2 Å². The molecule has 1 amide bonds. The zero-order valence-corrected chi connectivity index (χ0v) is 18.0. The van der Waals surface area contributed by atoms with Gasteiger partial charge in [-0.2, -0.15) is 0 Å². The average Bonchev–Trinajstić information content (AvgIpc) is 2.60. The van der Waals surface area contributed by atoms with Crippen molar-refractivity contribution in [3.63, 3.8) is 0 Å². The molecule has 156 valence electrons. The lowest BCUT2D eigenvalue weighted by molar-refractivity contribution is -0.125. The number of nitrogens with two attached hydrogens (primary N) is 1. The predicted octanol–water partition coefficient (Wildman–Crippen LogP) is 3.12. The molecule has 0 aromatic heterocycles. The Labute approximate surface area is 171 Å². The van der Waals surface area contributed by atoms with Gasteiger partial charge < -0.3 is 10.5 Å². The Morgan fingerprint density at radius 2 is 1.76 bits per heavy atom. The highest BCUT2D eigenvalue weighted by atomic mass is 32.2. The zero-order valence-electron chi connectivity index (χ0n) is 17.1. The van der Waals surface area contributed by atoms with E-state index in [2.05, 4.69) is 4.72 Å². The molecule has 0 unspecified atom stereocenters. The summed E-state index contributed by atoms with van der Waals surface area (Å²) in [6.07, 6.45) is -1.09. The van der Waals surface area contributed by atoms with Gasteiger partial charge in [0.05, 0.1) is 10.5 Å². The van der Waals surface area contributed by atoms with Crippen LogP contribution in [-0.2, 0) is 25.0 Å². The second kappa shape index (κ2) is 8.24. The summed E-state index contributed by atoms with van der Waals surface area (Å²) in [5.74, 6) is -1.55. The summed E-state index contributed by atoms with van der Waals surface area (Å²) >= 11 is 0. The molecule has 0 aliphatic carbocycles. The number of sulfonamides is 1. The maximum atomic E-state index is 13.0. The maximum Gasteiger partial charge on any atom is 0.338 e. The van der Waals surface area contributed by atoms with Gasteiger partial charge in [-0.3, -0.25) is 9.52 Å². The number of carbonyl (C=O) groups excluding carboxylic acids is 2. The Kier molecular flexibility index (Phi) is 6.37. The van der Waals surface area contributed by atoms with Crippen molar-refractivity contribution < 1.29 is 22.7 Å². The van der Waals surface area contributed by atoms with Crippen molar-refractivity contribution in [2.24, 2.45) is 5.73 Å². The van der Waals surface area contributed by atoms with Crippen molar-refractivity contribution in [3.8, 4) is 0 Å². The summed E-state index contributed by atoms with van der Waals surface area (Å²) in [6.45, 7) is 9.09. The number of aryl methyl sites for hydroxylation is 1. The lowest BCUT2D eigenvalue weighted by Gasteiger charge is -2.21. The monoisotopic (exact) mass is 418 g/mol. The highest BCUT2D eigenvalue weighted by molar-refractivity contribution is 7.92. The van der Waals surface area contributed by atoms with Gasteiger partial charge >= 0.3 is 5.97 Å². The molecule has 7 nitrogen and oxygen atoms in total. The fourth-order valence-corrected chi connectivity index (χ4v) is 3.88. The van der Waals surface area contributed by atoms with Crippen molar-refractivity contribution >= 4 is 27.6 Å². The van der Waals surface area contributed by atoms with Crippen LogP contribution in [0.1, 0.15) is 49.2 Å². The molecule has 0 aliphatic rings. The molecule has 2 aromatic rings. The molecule has 8 heteroatoms.